The van der Waals surface area contributed by atoms with Gasteiger partial charge in [0.1, 0.15) is 5.76 Å². The van der Waals surface area contributed by atoms with Crippen LogP contribution in [-0.2, 0) is 0 Å². The fourth-order valence-electron chi connectivity index (χ4n) is 0.670. The summed E-state index contributed by atoms with van der Waals surface area (Å²) in [5.74, 6) is 0.771. The SMILES string of the molecule is [N-]=[N+]=NCC=Cc1ccc(I)o1. The Bertz CT molecular complexity index is 325. The van der Waals surface area contributed by atoms with Crippen LogP contribution in [0.2, 0.25) is 0 Å². The quantitative estimate of drug-likeness (QED) is 0.361. The van der Waals surface area contributed by atoms with Crippen LogP contribution < -0.4 is 0 Å². The Kier molecular flexibility index (Phi) is 3.69. The summed E-state index contributed by atoms with van der Waals surface area (Å²) in [6.45, 7) is 0.355. The van der Waals surface area contributed by atoms with Crippen molar-refractivity contribution in [3.8, 4) is 0 Å². The standard InChI is InChI=1S/C7H6IN3O/c8-7-4-3-6(12-7)2-1-5-10-11-9/h1-4H,5H2. The summed E-state index contributed by atoms with van der Waals surface area (Å²) in [6.07, 6.45) is 3.52. The highest BCUT2D eigenvalue weighted by Gasteiger charge is 1.91. The number of furan rings is 1. The van der Waals surface area contributed by atoms with Gasteiger partial charge >= 0.3 is 0 Å². The highest BCUT2D eigenvalue weighted by atomic mass is 127. The summed E-state index contributed by atoms with van der Waals surface area (Å²) in [7, 11) is 0. The van der Waals surface area contributed by atoms with Gasteiger partial charge < -0.3 is 4.42 Å². The fourth-order valence-corrected chi connectivity index (χ4v) is 1.10. The second kappa shape index (κ2) is 4.84. The topological polar surface area (TPSA) is 61.9 Å². The molecule has 0 amide bonds. The number of hydrogen-bond donors (Lipinski definition) is 0. The molecule has 0 saturated carbocycles. The van der Waals surface area contributed by atoms with Crippen molar-refractivity contribution in [1.82, 2.24) is 0 Å². The van der Waals surface area contributed by atoms with Gasteiger partial charge in [-0.05, 0) is 46.3 Å². The molecule has 0 unspecified atom stereocenters. The molecule has 5 heteroatoms. The molecule has 0 N–H and O–H groups in total. The molecular formula is C7H6IN3O. The zero-order valence-corrected chi connectivity index (χ0v) is 8.30. The molecule has 1 rings (SSSR count). The predicted molar refractivity (Wildman–Crippen MR) is 54.5 cm³/mol. The molecule has 0 fully saturated rings. The van der Waals surface area contributed by atoms with Crippen LogP contribution in [0.25, 0.3) is 16.5 Å². The van der Waals surface area contributed by atoms with E-state index in [0.717, 1.165) is 9.53 Å². The first-order valence-electron chi connectivity index (χ1n) is 3.25. The lowest BCUT2D eigenvalue weighted by Crippen LogP contribution is -1.66. The summed E-state index contributed by atoms with van der Waals surface area (Å²) in [4.78, 5) is 2.61. The third-order valence-corrected chi connectivity index (χ3v) is 1.71. The summed E-state index contributed by atoms with van der Waals surface area (Å²) < 4.78 is 6.07. The summed E-state index contributed by atoms with van der Waals surface area (Å²) in [5.41, 5.74) is 7.97. The zero-order valence-electron chi connectivity index (χ0n) is 6.14. The van der Waals surface area contributed by atoms with E-state index in [1.807, 2.05) is 12.1 Å². The van der Waals surface area contributed by atoms with Gasteiger partial charge in [-0.25, -0.2) is 0 Å². The molecule has 0 saturated heterocycles. The van der Waals surface area contributed by atoms with Crippen LogP contribution in [0.15, 0.2) is 27.7 Å². The maximum absolute atomic E-state index is 7.97. The Labute approximate surface area is 83.0 Å². The van der Waals surface area contributed by atoms with Crippen molar-refractivity contribution in [2.24, 2.45) is 5.11 Å². The van der Waals surface area contributed by atoms with Crippen molar-refractivity contribution in [1.29, 1.82) is 0 Å². The monoisotopic (exact) mass is 275 g/mol. The minimum absolute atomic E-state index is 0.355. The Morgan fingerprint density at radius 3 is 3.08 bits per heavy atom. The molecule has 0 aliphatic rings. The Balaban J connectivity index is 2.51. The number of azide groups is 1. The molecule has 1 aromatic rings. The van der Waals surface area contributed by atoms with Gasteiger partial charge in [-0.3, -0.25) is 0 Å². The van der Waals surface area contributed by atoms with Gasteiger partial charge in [0.05, 0.1) is 0 Å². The largest absolute Gasteiger partial charge is 0.451 e. The molecule has 1 heterocycles. The van der Waals surface area contributed by atoms with Crippen LogP contribution in [0.5, 0.6) is 0 Å². The molecule has 1 aromatic heterocycles. The average Bonchev–Trinajstić information content (AvgIpc) is 2.45. The molecular weight excluding hydrogens is 269 g/mol. The number of nitrogens with zero attached hydrogens (tertiary/aromatic N) is 3. The highest BCUT2D eigenvalue weighted by Crippen LogP contribution is 2.11. The van der Waals surface area contributed by atoms with E-state index in [4.69, 9.17) is 9.95 Å². The molecule has 0 radical (unpaired) electrons. The average molecular weight is 275 g/mol. The van der Waals surface area contributed by atoms with E-state index in [1.54, 1.807) is 12.2 Å². The van der Waals surface area contributed by atoms with Gasteiger partial charge in [-0.2, -0.15) is 0 Å². The van der Waals surface area contributed by atoms with Crippen LogP contribution >= 0.6 is 22.6 Å². The van der Waals surface area contributed by atoms with Gasteiger partial charge in [-0.1, -0.05) is 11.2 Å². The Hall–Kier alpha value is -0.940. The first kappa shape index (κ1) is 9.15. The van der Waals surface area contributed by atoms with Crippen molar-refractivity contribution >= 4 is 28.7 Å². The maximum atomic E-state index is 7.97. The van der Waals surface area contributed by atoms with E-state index < -0.39 is 0 Å². The molecule has 0 bridgehead atoms. The van der Waals surface area contributed by atoms with Gasteiger partial charge in [0.2, 0.25) is 0 Å². The third kappa shape index (κ3) is 2.98. The normalized spacial score (nSPS) is 10.1. The summed E-state index contributed by atoms with van der Waals surface area (Å²) in [5, 5.41) is 3.34. The van der Waals surface area contributed by atoms with Crippen molar-refractivity contribution in [3.63, 3.8) is 0 Å². The second-order valence-electron chi connectivity index (χ2n) is 1.96. The maximum Gasteiger partial charge on any atom is 0.164 e. The second-order valence-corrected chi connectivity index (χ2v) is 3.02. The molecule has 0 atom stereocenters. The van der Waals surface area contributed by atoms with Crippen LogP contribution in [0.4, 0.5) is 0 Å². The Morgan fingerprint density at radius 1 is 1.67 bits per heavy atom. The van der Waals surface area contributed by atoms with Crippen molar-refractivity contribution in [2.75, 3.05) is 6.54 Å². The summed E-state index contributed by atoms with van der Waals surface area (Å²) in [6, 6.07) is 3.72. The van der Waals surface area contributed by atoms with E-state index in [2.05, 4.69) is 32.6 Å². The van der Waals surface area contributed by atoms with Crippen LogP contribution in [0, 0.1) is 3.77 Å². The van der Waals surface area contributed by atoms with Gasteiger partial charge in [0.25, 0.3) is 0 Å². The van der Waals surface area contributed by atoms with Crippen molar-refractivity contribution < 1.29 is 4.42 Å². The molecule has 0 aliphatic carbocycles. The lowest BCUT2D eigenvalue weighted by molar-refractivity contribution is 0.528. The number of halogens is 1. The van der Waals surface area contributed by atoms with Crippen molar-refractivity contribution in [2.45, 2.75) is 0 Å². The zero-order chi connectivity index (χ0) is 8.81. The van der Waals surface area contributed by atoms with E-state index in [-0.39, 0.29) is 0 Å². The van der Waals surface area contributed by atoms with Gasteiger partial charge in [-0.15, -0.1) is 0 Å². The first-order chi connectivity index (χ1) is 5.83. The minimum atomic E-state index is 0.355. The Morgan fingerprint density at radius 2 is 2.50 bits per heavy atom. The van der Waals surface area contributed by atoms with Gasteiger partial charge in [0, 0.05) is 11.5 Å². The van der Waals surface area contributed by atoms with E-state index >= 15 is 0 Å². The first-order valence-corrected chi connectivity index (χ1v) is 4.33. The van der Waals surface area contributed by atoms with Crippen LogP contribution in [-0.4, -0.2) is 6.54 Å². The summed E-state index contributed by atoms with van der Waals surface area (Å²) >= 11 is 2.09. The van der Waals surface area contributed by atoms with Crippen LogP contribution in [0.1, 0.15) is 5.76 Å². The molecule has 0 spiro atoms. The highest BCUT2D eigenvalue weighted by molar-refractivity contribution is 14.1. The number of hydrogen-bond acceptors (Lipinski definition) is 2. The van der Waals surface area contributed by atoms with Gasteiger partial charge in [0.15, 0.2) is 3.77 Å². The molecule has 12 heavy (non-hydrogen) atoms. The third-order valence-electron chi connectivity index (χ3n) is 1.13. The number of rotatable bonds is 3. The lowest BCUT2D eigenvalue weighted by Gasteiger charge is -1.81. The van der Waals surface area contributed by atoms with E-state index in [9.17, 15) is 0 Å². The van der Waals surface area contributed by atoms with Crippen molar-refractivity contribution in [3.05, 3.63) is 38.2 Å². The molecule has 62 valence electrons. The predicted octanol–water partition coefficient (Wildman–Crippen LogP) is 3.21. The minimum Gasteiger partial charge on any atom is -0.451 e. The van der Waals surface area contributed by atoms with E-state index in [1.165, 1.54) is 0 Å². The molecule has 0 aliphatic heterocycles. The van der Waals surface area contributed by atoms with E-state index in [0.29, 0.717) is 6.54 Å². The fraction of sp³-hybridized carbons (Fsp3) is 0.143. The smallest absolute Gasteiger partial charge is 0.164 e. The molecule has 0 aromatic carbocycles. The lowest BCUT2D eigenvalue weighted by atomic mass is 10.4. The van der Waals surface area contributed by atoms with Crippen LogP contribution in [0.3, 0.4) is 0 Å². The molecule has 4 nitrogen and oxygen atoms in total.